The van der Waals surface area contributed by atoms with Crippen molar-refractivity contribution < 1.29 is 37.3 Å². The third-order valence-corrected chi connectivity index (χ3v) is 5.90. The van der Waals surface area contributed by atoms with Crippen LogP contribution in [0.25, 0.3) is 16.9 Å². The molecule has 1 unspecified atom stereocenters. The number of benzene rings is 1. The minimum absolute atomic E-state index is 0.0327. The van der Waals surface area contributed by atoms with Crippen LogP contribution in [-0.2, 0) is 22.1 Å². The van der Waals surface area contributed by atoms with Gasteiger partial charge in [0.15, 0.2) is 5.69 Å². The molecule has 0 radical (unpaired) electrons. The first-order valence-corrected chi connectivity index (χ1v) is 12.3. The van der Waals surface area contributed by atoms with Crippen LogP contribution >= 0.6 is 0 Å². The first-order valence-electron chi connectivity index (χ1n) is 12.3. The second-order valence-electron chi connectivity index (χ2n) is 8.53. The van der Waals surface area contributed by atoms with Gasteiger partial charge >= 0.3 is 12.1 Å². The van der Waals surface area contributed by atoms with E-state index in [9.17, 15) is 18.0 Å². The fraction of sp³-hybridized carbons (Fsp3) is 0.333. The minimum atomic E-state index is -4.72. The second kappa shape index (κ2) is 12.2. The molecule has 0 saturated carbocycles. The van der Waals surface area contributed by atoms with Crippen molar-refractivity contribution in [1.29, 1.82) is 0 Å². The molecule has 3 heterocycles. The predicted molar refractivity (Wildman–Crippen MR) is 137 cm³/mol. The van der Waals surface area contributed by atoms with E-state index in [1.54, 1.807) is 25.1 Å². The van der Waals surface area contributed by atoms with Crippen molar-refractivity contribution in [3.05, 3.63) is 59.8 Å². The summed E-state index contributed by atoms with van der Waals surface area (Å²) in [5, 5.41) is 12.4. The van der Waals surface area contributed by atoms with E-state index in [4.69, 9.17) is 25.7 Å². The van der Waals surface area contributed by atoms with E-state index in [2.05, 4.69) is 21.0 Å². The van der Waals surface area contributed by atoms with E-state index in [0.29, 0.717) is 23.3 Å². The Bertz CT molecular complexity index is 1540. The van der Waals surface area contributed by atoms with Crippen molar-refractivity contribution in [3.8, 4) is 35.2 Å². The number of rotatable bonds is 11. The van der Waals surface area contributed by atoms with Crippen LogP contribution in [0, 0.1) is 12.3 Å². The molecule has 3 aromatic heterocycles. The highest BCUT2D eigenvalue weighted by Crippen LogP contribution is 2.37. The number of aliphatic hydroxyl groups excluding tert-OH is 1. The number of ether oxygens (including phenoxy) is 3. The minimum Gasteiger partial charge on any atom is -0.460 e. The van der Waals surface area contributed by atoms with Crippen molar-refractivity contribution in [1.82, 2.24) is 24.1 Å². The van der Waals surface area contributed by atoms with Gasteiger partial charge in [-0.3, -0.25) is 9.08 Å². The summed E-state index contributed by atoms with van der Waals surface area (Å²) in [6, 6.07) is 4.07. The van der Waals surface area contributed by atoms with Gasteiger partial charge in [0.1, 0.15) is 18.4 Å². The van der Waals surface area contributed by atoms with Gasteiger partial charge in [0, 0.05) is 18.6 Å². The summed E-state index contributed by atoms with van der Waals surface area (Å²) in [7, 11) is 0. The molecule has 4 aromatic rings. The number of terminal acetylenes is 1. The highest BCUT2D eigenvalue weighted by atomic mass is 19.4. The third-order valence-electron chi connectivity index (χ3n) is 5.90. The number of esters is 1. The van der Waals surface area contributed by atoms with Gasteiger partial charge in [-0.2, -0.15) is 18.3 Å². The summed E-state index contributed by atoms with van der Waals surface area (Å²) in [5.74, 6) is 2.22. The number of halogens is 3. The Balaban J connectivity index is 1.62. The number of imidazole rings is 1. The number of alkyl halides is 3. The van der Waals surface area contributed by atoms with E-state index in [1.165, 1.54) is 29.2 Å². The number of fused-ring (bicyclic) bond motifs is 1. The summed E-state index contributed by atoms with van der Waals surface area (Å²) in [6.45, 7) is 3.64. The number of hydrogen-bond donors (Lipinski definition) is 1. The molecule has 0 fully saturated rings. The van der Waals surface area contributed by atoms with Gasteiger partial charge < -0.3 is 19.3 Å². The predicted octanol–water partition coefficient (Wildman–Crippen LogP) is 4.33. The molecule has 0 aliphatic heterocycles. The first-order chi connectivity index (χ1) is 19.2. The van der Waals surface area contributed by atoms with E-state index in [1.807, 2.05) is 6.92 Å². The van der Waals surface area contributed by atoms with Crippen molar-refractivity contribution in [2.45, 2.75) is 32.5 Å². The van der Waals surface area contributed by atoms with E-state index >= 15 is 0 Å². The van der Waals surface area contributed by atoms with E-state index in [-0.39, 0.29) is 49.2 Å². The average Bonchev–Trinajstić information content (AvgIpc) is 3.58. The molecule has 0 saturated heterocycles. The van der Waals surface area contributed by atoms with Gasteiger partial charge in [0.2, 0.25) is 5.65 Å². The SMILES string of the molecule is C#CC(C)n1cc(-c2cnc3c(Oc4ccc(C(=O)OCCOCCO)c(CC)c4)nccn23)c(C(F)(F)F)n1. The van der Waals surface area contributed by atoms with Gasteiger partial charge in [-0.05, 0) is 37.1 Å². The summed E-state index contributed by atoms with van der Waals surface area (Å²) >= 11 is 0. The standard InChI is InChI=1S/C27H26F3N5O5/c1-4-17(3)35-16-21(23(33-35)27(28,29)30)22-15-32-24-25(31-8-9-34(22)24)40-19-6-7-20(18(5-2)14-19)26(37)39-13-12-38-11-10-36/h1,6-9,14-17,36H,5,10-13H2,2-3H3. The molecular weight excluding hydrogens is 531 g/mol. The van der Waals surface area contributed by atoms with E-state index < -0.39 is 23.9 Å². The number of hydrogen-bond acceptors (Lipinski definition) is 8. The summed E-state index contributed by atoms with van der Waals surface area (Å²) in [4.78, 5) is 21.0. The molecule has 1 atom stereocenters. The number of carbonyl (C=O) groups excluding carboxylic acids is 1. The molecule has 0 amide bonds. The fourth-order valence-corrected chi connectivity index (χ4v) is 3.90. The van der Waals surface area contributed by atoms with Gasteiger partial charge in [-0.15, -0.1) is 6.42 Å². The normalized spacial score (nSPS) is 12.3. The Morgan fingerprint density at radius 3 is 2.73 bits per heavy atom. The summed E-state index contributed by atoms with van der Waals surface area (Å²) in [5.41, 5.74) is 0.0137. The molecule has 210 valence electrons. The molecule has 0 aliphatic carbocycles. The van der Waals surface area contributed by atoms with Crippen LogP contribution in [0.1, 0.15) is 41.5 Å². The van der Waals surface area contributed by atoms with Gasteiger partial charge in [0.25, 0.3) is 5.88 Å². The summed E-state index contributed by atoms with van der Waals surface area (Å²) < 4.78 is 60.2. The van der Waals surface area contributed by atoms with Crippen molar-refractivity contribution >= 4 is 11.6 Å². The van der Waals surface area contributed by atoms with E-state index in [0.717, 1.165) is 4.68 Å². The molecule has 0 spiro atoms. The van der Waals surface area contributed by atoms with Crippen LogP contribution in [0.3, 0.4) is 0 Å². The topological polar surface area (TPSA) is 113 Å². The Labute approximate surface area is 227 Å². The zero-order valence-electron chi connectivity index (χ0n) is 21.7. The lowest BCUT2D eigenvalue weighted by Gasteiger charge is -2.12. The molecule has 1 aromatic carbocycles. The van der Waals surface area contributed by atoms with Crippen LogP contribution < -0.4 is 4.74 Å². The number of aliphatic hydroxyl groups is 1. The van der Waals surface area contributed by atoms with Crippen LogP contribution in [0.4, 0.5) is 13.2 Å². The molecule has 0 bridgehead atoms. The van der Waals surface area contributed by atoms with Gasteiger partial charge in [0.05, 0.1) is 42.8 Å². The average molecular weight is 558 g/mol. The number of aromatic nitrogens is 5. The molecular formula is C27H26F3N5O5. The monoisotopic (exact) mass is 557 g/mol. The molecule has 1 N–H and O–H groups in total. The number of carbonyl (C=O) groups is 1. The Morgan fingerprint density at radius 2 is 2.02 bits per heavy atom. The lowest BCUT2D eigenvalue weighted by molar-refractivity contribution is -0.141. The smallest absolute Gasteiger partial charge is 0.435 e. The summed E-state index contributed by atoms with van der Waals surface area (Å²) in [6.07, 6.45) is 6.51. The van der Waals surface area contributed by atoms with Crippen LogP contribution in [0.15, 0.2) is 43.0 Å². The van der Waals surface area contributed by atoms with Crippen LogP contribution in [0.5, 0.6) is 11.6 Å². The van der Waals surface area contributed by atoms with Crippen LogP contribution in [0.2, 0.25) is 0 Å². The second-order valence-corrected chi connectivity index (χ2v) is 8.53. The van der Waals surface area contributed by atoms with Crippen LogP contribution in [-0.4, -0.2) is 61.7 Å². The largest absolute Gasteiger partial charge is 0.460 e. The maximum absolute atomic E-state index is 13.8. The number of nitrogens with zero attached hydrogens (tertiary/aromatic N) is 5. The molecule has 4 rings (SSSR count). The maximum Gasteiger partial charge on any atom is 0.435 e. The quantitative estimate of drug-likeness (QED) is 0.165. The van der Waals surface area contributed by atoms with Crippen molar-refractivity contribution in [2.75, 3.05) is 26.4 Å². The van der Waals surface area contributed by atoms with Crippen molar-refractivity contribution in [3.63, 3.8) is 0 Å². The molecule has 13 heteroatoms. The number of aryl methyl sites for hydroxylation is 1. The highest BCUT2D eigenvalue weighted by molar-refractivity contribution is 5.91. The lowest BCUT2D eigenvalue weighted by Crippen LogP contribution is -2.13. The lowest BCUT2D eigenvalue weighted by atomic mass is 10.1. The van der Waals surface area contributed by atoms with Gasteiger partial charge in [-0.25, -0.2) is 14.8 Å². The highest BCUT2D eigenvalue weighted by Gasteiger charge is 2.38. The third kappa shape index (κ3) is 6.08. The molecule has 40 heavy (non-hydrogen) atoms. The fourth-order valence-electron chi connectivity index (χ4n) is 3.90. The Hall–Kier alpha value is -4.41. The Kier molecular flexibility index (Phi) is 8.71. The maximum atomic E-state index is 13.8. The zero-order chi connectivity index (χ0) is 28.9. The zero-order valence-corrected chi connectivity index (χ0v) is 21.7. The van der Waals surface area contributed by atoms with Crippen molar-refractivity contribution in [2.24, 2.45) is 0 Å². The first kappa shape index (κ1) is 28.6. The Morgan fingerprint density at radius 1 is 1.23 bits per heavy atom. The van der Waals surface area contributed by atoms with Gasteiger partial charge in [-0.1, -0.05) is 12.8 Å². The molecule has 0 aliphatic rings. The molecule has 10 nitrogen and oxygen atoms in total.